The number of benzene rings is 1. The third-order valence-electron chi connectivity index (χ3n) is 5.40. The summed E-state index contributed by atoms with van der Waals surface area (Å²) in [5, 5.41) is 11.1. The Labute approximate surface area is 204 Å². The molecule has 0 radical (unpaired) electrons. The number of nitrogens with zero attached hydrogens (tertiary/aromatic N) is 1. The zero-order valence-corrected chi connectivity index (χ0v) is 21.8. The summed E-state index contributed by atoms with van der Waals surface area (Å²) in [6.45, 7) is 5.66. The summed E-state index contributed by atoms with van der Waals surface area (Å²) in [7, 11) is 1.64. The van der Waals surface area contributed by atoms with Crippen LogP contribution in [-0.2, 0) is 9.49 Å². The number of halogens is 2. The van der Waals surface area contributed by atoms with Gasteiger partial charge in [-0.1, -0.05) is 0 Å². The van der Waals surface area contributed by atoms with Gasteiger partial charge in [0.15, 0.2) is 0 Å². The van der Waals surface area contributed by atoms with E-state index in [0.717, 1.165) is 0 Å². The van der Waals surface area contributed by atoms with Gasteiger partial charge in [-0.15, -0.1) is 0 Å². The monoisotopic (exact) mass is 571 g/mol. The van der Waals surface area contributed by atoms with Gasteiger partial charge in [-0.3, -0.25) is 0 Å². The summed E-state index contributed by atoms with van der Waals surface area (Å²) in [5.74, 6) is -0.775. The molecule has 0 saturated heterocycles. The summed E-state index contributed by atoms with van der Waals surface area (Å²) in [4.78, 5) is 25.3. The van der Waals surface area contributed by atoms with Crippen LogP contribution in [0.3, 0.4) is 0 Å². The number of aryl methyl sites for hydroxylation is 2. The van der Waals surface area contributed by atoms with Gasteiger partial charge in [0.05, 0.1) is 0 Å². The number of aromatic nitrogens is 1. The van der Waals surface area contributed by atoms with E-state index in [4.69, 9.17) is 8.80 Å². The number of aliphatic hydroxyl groups is 1. The molecule has 1 amide bonds. The van der Waals surface area contributed by atoms with E-state index in [2.05, 4.69) is 0 Å². The Hall–Kier alpha value is -2.04. The molecule has 0 spiro atoms. The van der Waals surface area contributed by atoms with Crippen molar-refractivity contribution in [1.29, 1.82) is 0 Å². The second kappa shape index (κ2) is 13.0. The summed E-state index contributed by atoms with van der Waals surface area (Å²) < 4.78 is 22.1. The Morgan fingerprint density at radius 2 is 2.06 bits per heavy atom. The molecular formula is C25H33FIN2O4-. The van der Waals surface area contributed by atoms with Crippen LogP contribution in [0.15, 0.2) is 29.2 Å². The number of carbonyl (C=O) groups is 1. The first kappa shape index (κ1) is 27.2. The molecule has 0 aliphatic carbocycles. The molecule has 3 N–H and O–H groups in total. The summed E-state index contributed by atoms with van der Waals surface area (Å²) >= 11 is -0.543. The third kappa shape index (κ3) is 7.22. The van der Waals surface area contributed by atoms with Gasteiger partial charge in [-0.05, 0) is 0 Å². The second-order valence-electron chi connectivity index (χ2n) is 8.32. The van der Waals surface area contributed by atoms with Gasteiger partial charge >= 0.3 is 205 Å². The molecule has 33 heavy (non-hydrogen) atoms. The van der Waals surface area contributed by atoms with Crippen molar-refractivity contribution in [3.05, 3.63) is 67.7 Å². The van der Waals surface area contributed by atoms with E-state index < -0.39 is 33.0 Å². The molecule has 2 aromatic rings. The van der Waals surface area contributed by atoms with Crippen molar-refractivity contribution < 1.29 is 39.0 Å². The van der Waals surface area contributed by atoms with Crippen LogP contribution < -0.4 is 43.4 Å². The number of rotatable bonds is 11. The molecule has 1 heterocycles. The van der Waals surface area contributed by atoms with Crippen LogP contribution in [0.5, 0.6) is 0 Å². The van der Waals surface area contributed by atoms with Crippen LogP contribution >= 0.6 is 0 Å². The number of hydrogen-bond acceptors (Lipinski definition) is 4. The molecule has 6 nitrogen and oxygen atoms in total. The summed E-state index contributed by atoms with van der Waals surface area (Å²) in [6.07, 6.45) is 6.60. The van der Waals surface area contributed by atoms with Crippen molar-refractivity contribution in [3.8, 4) is 0 Å². The molecule has 0 bridgehead atoms. The Kier molecular flexibility index (Phi) is 10.7. The Morgan fingerprint density at radius 1 is 1.33 bits per heavy atom. The number of primary amides is 1. The topological polar surface area (TPSA) is 94.5 Å². The van der Waals surface area contributed by atoms with Gasteiger partial charge < -0.3 is 0 Å². The number of amides is 1. The first-order valence-corrected chi connectivity index (χ1v) is 13.3. The average Bonchev–Trinajstić information content (AvgIpc) is 2.76. The minimum atomic E-state index is -0.815. The van der Waals surface area contributed by atoms with Crippen molar-refractivity contribution in [1.82, 2.24) is 4.57 Å². The van der Waals surface area contributed by atoms with Gasteiger partial charge in [-0.25, -0.2) is 0 Å². The number of pyridine rings is 1. The predicted octanol–water partition coefficient (Wildman–Crippen LogP) is -1.18. The van der Waals surface area contributed by atoms with Crippen LogP contribution in [0.4, 0.5) is 4.39 Å². The number of nitrogens with two attached hydrogens (primary N) is 1. The maximum atomic E-state index is 14.4. The number of carbonyl (C=O) groups excluding carboxylic acids is 1. The van der Waals surface area contributed by atoms with Crippen molar-refractivity contribution in [2.24, 2.45) is 11.7 Å². The predicted molar refractivity (Wildman–Crippen MR) is 124 cm³/mol. The van der Waals surface area contributed by atoms with E-state index in [1.165, 1.54) is 6.20 Å². The molecule has 0 aliphatic rings. The number of hydrogen-bond donors (Lipinski definition) is 2. The van der Waals surface area contributed by atoms with Crippen LogP contribution in [0.1, 0.15) is 54.2 Å². The summed E-state index contributed by atoms with van der Waals surface area (Å²) in [5.41, 5.74) is 6.09. The van der Waals surface area contributed by atoms with E-state index in [0.29, 0.717) is 45.4 Å². The molecular weight excluding hydrogens is 538 g/mol. The quantitative estimate of drug-likeness (QED) is 0.202. The third-order valence-corrected chi connectivity index (χ3v) is 6.82. The van der Waals surface area contributed by atoms with Crippen LogP contribution in [0.25, 0.3) is 12.2 Å². The molecule has 1 unspecified atom stereocenters. The van der Waals surface area contributed by atoms with Gasteiger partial charge in [0, 0.05) is 0 Å². The fourth-order valence-corrected chi connectivity index (χ4v) is 4.78. The van der Waals surface area contributed by atoms with E-state index in [-0.39, 0.29) is 29.9 Å². The molecule has 2 rings (SSSR count). The molecule has 0 aliphatic heterocycles. The van der Waals surface area contributed by atoms with Gasteiger partial charge in [0.1, 0.15) is 0 Å². The van der Waals surface area contributed by atoms with Crippen molar-refractivity contribution >= 4 is 18.1 Å². The fraction of sp³-hybridized carbons (Fsp3) is 0.440. The van der Waals surface area contributed by atoms with E-state index in [9.17, 15) is 19.1 Å². The zero-order valence-electron chi connectivity index (χ0n) is 19.6. The Balaban J connectivity index is 2.70. The van der Waals surface area contributed by atoms with Crippen LogP contribution in [-0.4, -0.2) is 33.7 Å². The SMILES string of the molecule is CO[I-]C/C=c1\c(=C/CCc2cccc(C)c2F)c(=O)c(C(N)=O)cn1C(CO)CC(C)C. The standard InChI is InChI=1S/C25H33FIN2O4/c1-16(2)13-19(15-30)29-14-21(25(28)32)24(31)20(22(29)11-12-27-33-4)10-6-9-18-8-5-7-17(3)23(18)26/h5,7-8,10-11,14,16,19,30H,6,9,12-13,15H2,1-4H3,(H2,28,32)/q-1/b20-10+,22-11+. The van der Waals surface area contributed by atoms with Crippen molar-refractivity contribution in [3.63, 3.8) is 0 Å². The Morgan fingerprint density at radius 3 is 2.67 bits per heavy atom. The van der Waals surface area contributed by atoms with Gasteiger partial charge in [-0.2, -0.15) is 0 Å². The molecule has 1 aromatic heterocycles. The second-order valence-corrected chi connectivity index (χ2v) is 10.7. The number of aliphatic hydroxyl groups excluding tert-OH is 1. The van der Waals surface area contributed by atoms with E-state index in [1.807, 2.05) is 19.9 Å². The minimum absolute atomic E-state index is 0.121. The van der Waals surface area contributed by atoms with Crippen LogP contribution in [0.2, 0.25) is 0 Å². The van der Waals surface area contributed by atoms with E-state index in [1.54, 1.807) is 42.9 Å². The average molecular weight is 571 g/mol. The first-order valence-electron chi connectivity index (χ1n) is 10.9. The first-order chi connectivity index (χ1) is 15.7. The van der Waals surface area contributed by atoms with Gasteiger partial charge in [0.25, 0.3) is 0 Å². The van der Waals surface area contributed by atoms with Crippen LogP contribution in [0, 0.1) is 18.7 Å². The Bertz CT molecular complexity index is 1140. The molecule has 8 heteroatoms. The van der Waals surface area contributed by atoms with Crippen molar-refractivity contribution in [2.45, 2.75) is 46.1 Å². The molecule has 0 saturated carbocycles. The fourth-order valence-electron chi connectivity index (χ4n) is 3.82. The normalized spacial score (nSPS) is 13.8. The summed E-state index contributed by atoms with van der Waals surface area (Å²) in [6, 6.07) is 4.93. The molecule has 0 fully saturated rings. The van der Waals surface area contributed by atoms with Crippen molar-refractivity contribution in [2.75, 3.05) is 18.1 Å². The molecule has 1 aromatic carbocycles. The van der Waals surface area contributed by atoms with Gasteiger partial charge in [0.2, 0.25) is 0 Å². The zero-order chi connectivity index (χ0) is 24.5. The molecule has 1 atom stereocenters. The van der Waals surface area contributed by atoms with E-state index >= 15 is 0 Å². The molecule has 182 valence electrons. The maximum absolute atomic E-state index is 14.4. The number of alkyl halides is 1.